The molecule has 0 aliphatic heterocycles. The maximum atomic E-state index is 9.23. The molecule has 1 fully saturated rings. The Morgan fingerprint density at radius 3 is 3.00 bits per heavy atom. The molecule has 2 unspecified atom stereocenters. The molecule has 0 bridgehead atoms. The summed E-state index contributed by atoms with van der Waals surface area (Å²) in [6.45, 7) is 2.16. The predicted molar refractivity (Wildman–Crippen MR) is 65.2 cm³/mol. The Labute approximate surface area is 95.9 Å². The number of nitrogen functional groups attached to an aromatic ring is 1. The van der Waals surface area contributed by atoms with Crippen molar-refractivity contribution >= 4 is 11.5 Å². The van der Waals surface area contributed by atoms with Gasteiger partial charge in [-0.3, -0.25) is 0 Å². The Morgan fingerprint density at radius 2 is 2.31 bits per heavy atom. The van der Waals surface area contributed by atoms with Gasteiger partial charge in [0, 0.05) is 18.6 Å². The third-order valence-electron chi connectivity index (χ3n) is 3.35. The summed E-state index contributed by atoms with van der Waals surface area (Å²) in [6, 6.07) is 4.11. The number of aromatic nitrogens is 1. The molecular weight excluding hydrogens is 202 g/mol. The zero-order valence-electron chi connectivity index (χ0n) is 9.61. The molecule has 1 aromatic rings. The Kier molecular flexibility index (Phi) is 3.29. The SMILES string of the molecule is Cc1nc(NC2CCCC2CO)ccc1N. The van der Waals surface area contributed by atoms with Crippen molar-refractivity contribution in [3.8, 4) is 0 Å². The minimum absolute atomic E-state index is 0.256. The van der Waals surface area contributed by atoms with Crippen LogP contribution in [0.3, 0.4) is 0 Å². The van der Waals surface area contributed by atoms with Gasteiger partial charge in [0.25, 0.3) is 0 Å². The first-order valence-corrected chi connectivity index (χ1v) is 5.81. The quantitative estimate of drug-likeness (QED) is 0.724. The first kappa shape index (κ1) is 11.2. The lowest BCUT2D eigenvalue weighted by atomic mass is 10.1. The highest BCUT2D eigenvalue weighted by Crippen LogP contribution is 2.27. The van der Waals surface area contributed by atoms with Crippen molar-refractivity contribution in [3.63, 3.8) is 0 Å². The summed E-state index contributed by atoms with van der Waals surface area (Å²) in [7, 11) is 0. The fourth-order valence-electron chi connectivity index (χ4n) is 2.29. The Morgan fingerprint density at radius 1 is 1.50 bits per heavy atom. The van der Waals surface area contributed by atoms with Crippen LogP contribution in [0.5, 0.6) is 0 Å². The van der Waals surface area contributed by atoms with Gasteiger partial charge in [0.05, 0.1) is 11.4 Å². The molecule has 1 saturated carbocycles. The van der Waals surface area contributed by atoms with Gasteiger partial charge < -0.3 is 16.2 Å². The average molecular weight is 221 g/mol. The largest absolute Gasteiger partial charge is 0.397 e. The minimum atomic E-state index is 0.256. The number of hydrogen-bond acceptors (Lipinski definition) is 4. The van der Waals surface area contributed by atoms with Crippen molar-refractivity contribution in [2.45, 2.75) is 32.2 Å². The first-order chi connectivity index (χ1) is 7.70. The lowest BCUT2D eigenvalue weighted by Crippen LogP contribution is -2.26. The number of aliphatic hydroxyl groups is 1. The molecule has 1 aliphatic carbocycles. The lowest BCUT2D eigenvalue weighted by Gasteiger charge is -2.19. The number of pyridine rings is 1. The molecule has 4 nitrogen and oxygen atoms in total. The highest BCUT2D eigenvalue weighted by Gasteiger charge is 2.26. The van der Waals surface area contributed by atoms with E-state index in [0.29, 0.717) is 12.0 Å². The molecule has 88 valence electrons. The van der Waals surface area contributed by atoms with E-state index in [-0.39, 0.29) is 6.61 Å². The maximum absolute atomic E-state index is 9.23. The van der Waals surface area contributed by atoms with Gasteiger partial charge in [0.15, 0.2) is 0 Å². The fraction of sp³-hybridized carbons (Fsp3) is 0.583. The summed E-state index contributed by atoms with van der Waals surface area (Å²) in [5.41, 5.74) is 7.29. The molecule has 1 aliphatic rings. The number of nitrogens with zero attached hydrogens (tertiary/aromatic N) is 1. The van der Waals surface area contributed by atoms with Gasteiger partial charge in [-0.1, -0.05) is 6.42 Å². The van der Waals surface area contributed by atoms with Crippen LogP contribution in [0.15, 0.2) is 12.1 Å². The number of nitrogens with two attached hydrogens (primary N) is 1. The molecule has 16 heavy (non-hydrogen) atoms. The molecule has 2 rings (SSSR count). The van der Waals surface area contributed by atoms with E-state index in [9.17, 15) is 5.11 Å². The third kappa shape index (κ3) is 2.27. The normalized spacial score (nSPS) is 24.6. The van der Waals surface area contributed by atoms with Gasteiger partial charge in [-0.25, -0.2) is 4.98 Å². The van der Waals surface area contributed by atoms with Crippen LogP contribution in [0.2, 0.25) is 0 Å². The summed E-state index contributed by atoms with van der Waals surface area (Å²) in [4.78, 5) is 4.39. The van der Waals surface area contributed by atoms with E-state index in [2.05, 4.69) is 10.3 Å². The smallest absolute Gasteiger partial charge is 0.126 e. The van der Waals surface area contributed by atoms with E-state index < -0.39 is 0 Å². The monoisotopic (exact) mass is 221 g/mol. The van der Waals surface area contributed by atoms with Crippen molar-refractivity contribution in [3.05, 3.63) is 17.8 Å². The third-order valence-corrected chi connectivity index (χ3v) is 3.35. The zero-order valence-corrected chi connectivity index (χ0v) is 9.61. The molecule has 1 aromatic heterocycles. The Bertz CT molecular complexity index is 367. The van der Waals surface area contributed by atoms with Crippen molar-refractivity contribution in [2.24, 2.45) is 5.92 Å². The molecule has 2 atom stereocenters. The van der Waals surface area contributed by atoms with E-state index in [4.69, 9.17) is 5.73 Å². The van der Waals surface area contributed by atoms with Gasteiger partial charge in [-0.05, 0) is 31.9 Å². The molecular formula is C12H19N3O. The van der Waals surface area contributed by atoms with E-state index in [1.54, 1.807) is 0 Å². The molecule has 4 heteroatoms. The highest BCUT2D eigenvalue weighted by atomic mass is 16.3. The summed E-state index contributed by atoms with van der Waals surface area (Å²) < 4.78 is 0. The summed E-state index contributed by atoms with van der Waals surface area (Å²) >= 11 is 0. The number of anilines is 2. The summed E-state index contributed by atoms with van der Waals surface area (Å²) in [5.74, 6) is 1.22. The number of hydrogen-bond donors (Lipinski definition) is 3. The predicted octanol–water partition coefficient (Wildman–Crippen LogP) is 1.55. The summed E-state index contributed by atoms with van der Waals surface area (Å²) in [5, 5.41) is 12.6. The molecule has 0 spiro atoms. The fourth-order valence-corrected chi connectivity index (χ4v) is 2.29. The second-order valence-corrected chi connectivity index (χ2v) is 4.50. The maximum Gasteiger partial charge on any atom is 0.126 e. The lowest BCUT2D eigenvalue weighted by molar-refractivity contribution is 0.222. The second-order valence-electron chi connectivity index (χ2n) is 4.50. The topological polar surface area (TPSA) is 71.2 Å². The van der Waals surface area contributed by atoms with Crippen LogP contribution in [0, 0.1) is 12.8 Å². The zero-order chi connectivity index (χ0) is 11.5. The van der Waals surface area contributed by atoms with E-state index in [1.165, 1.54) is 6.42 Å². The standard InChI is InChI=1S/C12H19N3O/c1-8-10(13)5-6-12(14-8)15-11-4-2-3-9(11)7-16/h5-6,9,11,16H,2-4,7,13H2,1H3,(H,14,15). The molecule has 1 heterocycles. The van der Waals surface area contributed by atoms with Crippen LogP contribution in [-0.2, 0) is 0 Å². The summed E-state index contributed by atoms with van der Waals surface area (Å²) in [6.07, 6.45) is 3.38. The number of aryl methyl sites for hydroxylation is 1. The van der Waals surface area contributed by atoms with Crippen LogP contribution >= 0.6 is 0 Å². The van der Waals surface area contributed by atoms with Crippen molar-refractivity contribution in [2.75, 3.05) is 17.7 Å². The highest BCUT2D eigenvalue weighted by molar-refractivity contribution is 5.49. The molecule has 0 radical (unpaired) electrons. The Balaban J connectivity index is 2.05. The van der Waals surface area contributed by atoms with Crippen LogP contribution in [0.4, 0.5) is 11.5 Å². The number of aliphatic hydroxyl groups excluding tert-OH is 1. The first-order valence-electron chi connectivity index (χ1n) is 5.81. The van der Waals surface area contributed by atoms with Crippen LogP contribution in [0.1, 0.15) is 25.0 Å². The molecule has 0 amide bonds. The van der Waals surface area contributed by atoms with Crippen LogP contribution in [-0.4, -0.2) is 22.7 Å². The van der Waals surface area contributed by atoms with Crippen molar-refractivity contribution < 1.29 is 5.11 Å². The van der Waals surface area contributed by atoms with E-state index in [0.717, 1.165) is 30.0 Å². The minimum Gasteiger partial charge on any atom is -0.397 e. The van der Waals surface area contributed by atoms with Gasteiger partial charge in [0.2, 0.25) is 0 Å². The molecule has 0 aromatic carbocycles. The van der Waals surface area contributed by atoms with Crippen molar-refractivity contribution in [1.29, 1.82) is 0 Å². The average Bonchev–Trinajstić information content (AvgIpc) is 2.71. The van der Waals surface area contributed by atoms with E-state index >= 15 is 0 Å². The Hall–Kier alpha value is -1.29. The van der Waals surface area contributed by atoms with Gasteiger partial charge in [-0.2, -0.15) is 0 Å². The van der Waals surface area contributed by atoms with Gasteiger partial charge in [0.1, 0.15) is 5.82 Å². The van der Waals surface area contributed by atoms with E-state index in [1.807, 2.05) is 19.1 Å². The number of rotatable bonds is 3. The van der Waals surface area contributed by atoms with Gasteiger partial charge in [-0.15, -0.1) is 0 Å². The van der Waals surface area contributed by atoms with Crippen LogP contribution < -0.4 is 11.1 Å². The second kappa shape index (κ2) is 4.70. The van der Waals surface area contributed by atoms with Gasteiger partial charge >= 0.3 is 0 Å². The van der Waals surface area contributed by atoms with Crippen LogP contribution in [0.25, 0.3) is 0 Å². The number of nitrogens with one attached hydrogen (secondary N) is 1. The molecule has 0 saturated heterocycles. The van der Waals surface area contributed by atoms with Crippen molar-refractivity contribution in [1.82, 2.24) is 4.98 Å². The molecule has 4 N–H and O–H groups in total.